The standard InChI is InChI=1S/C19H17FN4O4/c1-24-17(14-13(28-2)4-3-9-21-14)23-15(16(25)19(24)27)18(26)22-10-11-5-7-12(20)8-6-11/h3-9,25H,10H2,1-2H3,(H,22,26). The second-order valence-corrected chi connectivity index (χ2v) is 5.86. The number of hydrogen-bond acceptors (Lipinski definition) is 6. The van der Waals surface area contributed by atoms with Crippen LogP contribution in [0.15, 0.2) is 47.4 Å². The lowest BCUT2D eigenvalue weighted by Crippen LogP contribution is -2.29. The Kier molecular flexibility index (Phi) is 5.35. The van der Waals surface area contributed by atoms with E-state index in [1.165, 1.54) is 44.6 Å². The Morgan fingerprint density at radius 2 is 2.00 bits per heavy atom. The highest BCUT2D eigenvalue weighted by Crippen LogP contribution is 2.26. The number of rotatable bonds is 5. The van der Waals surface area contributed by atoms with Gasteiger partial charge in [0.25, 0.3) is 11.5 Å². The van der Waals surface area contributed by atoms with Crippen molar-refractivity contribution in [1.82, 2.24) is 19.9 Å². The summed E-state index contributed by atoms with van der Waals surface area (Å²) in [5.41, 5.74) is -0.348. The van der Waals surface area contributed by atoms with Crippen molar-refractivity contribution in [2.24, 2.45) is 7.05 Å². The van der Waals surface area contributed by atoms with Crippen LogP contribution in [0.1, 0.15) is 16.1 Å². The van der Waals surface area contributed by atoms with Gasteiger partial charge in [-0.25, -0.2) is 14.4 Å². The second-order valence-electron chi connectivity index (χ2n) is 5.86. The SMILES string of the molecule is COc1cccnc1-c1nc(C(=O)NCc2ccc(F)cc2)c(O)c(=O)n1C. The van der Waals surface area contributed by atoms with Gasteiger partial charge in [-0.15, -0.1) is 0 Å². The van der Waals surface area contributed by atoms with E-state index in [-0.39, 0.29) is 18.1 Å². The molecule has 0 aliphatic rings. The molecule has 28 heavy (non-hydrogen) atoms. The highest BCUT2D eigenvalue weighted by Gasteiger charge is 2.22. The van der Waals surface area contributed by atoms with E-state index < -0.39 is 28.7 Å². The highest BCUT2D eigenvalue weighted by atomic mass is 19.1. The number of nitrogens with one attached hydrogen (secondary N) is 1. The molecule has 3 aromatic rings. The van der Waals surface area contributed by atoms with Gasteiger partial charge in [0.05, 0.1) is 7.11 Å². The first-order valence-corrected chi connectivity index (χ1v) is 8.24. The van der Waals surface area contributed by atoms with Crippen molar-refractivity contribution in [2.75, 3.05) is 7.11 Å². The zero-order valence-corrected chi connectivity index (χ0v) is 15.1. The van der Waals surface area contributed by atoms with E-state index in [0.29, 0.717) is 11.3 Å². The second kappa shape index (κ2) is 7.87. The number of aromatic hydroxyl groups is 1. The number of pyridine rings is 1. The van der Waals surface area contributed by atoms with Gasteiger partial charge < -0.3 is 15.2 Å². The Morgan fingerprint density at radius 3 is 2.68 bits per heavy atom. The fourth-order valence-corrected chi connectivity index (χ4v) is 2.55. The number of hydrogen-bond donors (Lipinski definition) is 2. The first-order chi connectivity index (χ1) is 13.4. The normalized spacial score (nSPS) is 10.5. The lowest BCUT2D eigenvalue weighted by molar-refractivity contribution is 0.0942. The fraction of sp³-hybridized carbons (Fsp3) is 0.158. The van der Waals surface area contributed by atoms with Gasteiger partial charge in [-0.3, -0.25) is 14.2 Å². The lowest BCUT2D eigenvalue weighted by atomic mass is 10.2. The smallest absolute Gasteiger partial charge is 0.296 e. The summed E-state index contributed by atoms with van der Waals surface area (Å²) in [4.78, 5) is 33.2. The van der Waals surface area contributed by atoms with E-state index >= 15 is 0 Å². The largest absolute Gasteiger partial charge is 0.501 e. The third kappa shape index (κ3) is 3.68. The summed E-state index contributed by atoms with van der Waals surface area (Å²) in [5, 5.41) is 12.7. The molecule has 0 aliphatic heterocycles. The van der Waals surface area contributed by atoms with E-state index in [1.807, 2.05) is 0 Å². The van der Waals surface area contributed by atoms with E-state index in [1.54, 1.807) is 12.1 Å². The Balaban J connectivity index is 1.97. The molecule has 0 radical (unpaired) electrons. The number of carbonyl (C=O) groups is 1. The zero-order chi connectivity index (χ0) is 20.3. The topological polar surface area (TPSA) is 106 Å². The Labute approximate surface area is 159 Å². The van der Waals surface area contributed by atoms with Crippen molar-refractivity contribution in [1.29, 1.82) is 0 Å². The average molecular weight is 384 g/mol. The van der Waals surface area contributed by atoms with Gasteiger partial charge in [0.1, 0.15) is 17.3 Å². The maximum Gasteiger partial charge on any atom is 0.296 e. The quantitative estimate of drug-likeness (QED) is 0.693. The van der Waals surface area contributed by atoms with Crippen molar-refractivity contribution in [2.45, 2.75) is 6.54 Å². The minimum absolute atomic E-state index is 0.0622. The molecular weight excluding hydrogens is 367 g/mol. The molecule has 9 heteroatoms. The molecule has 0 bridgehead atoms. The molecule has 0 saturated heterocycles. The van der Waals surface area contributed by atoms with E-state index in [9.17, 15) is 19.1 Å². The number of nitrogens with zero attached hydrogens (tertiary/aromatic N) is 3. The molecule has 144 valence electrons. The number of halogens is 1. The Hall–Kier alpha value is -3.75. The number of aromatic nitrogens is 3. The van der Waals surface area contributed by atoms with Crippen molar-refractivity contribution in [3.63, 3.8) is 0 Å². The third-order valence-corrected chi connectivity index (χ3v) is 4.05. The van der Waals surface area contributed by atoms with Crippen LogP contribution in [0.5, 0.6) is 11.5 Å². The van der Waals surface area contributed by atoms with Gasteiger partial charge in [0.15, 0.2) is 11.5 Å². The van der Waals surface area contributed by atoms with Crippen molar-refractivity contribution in [3.05, 3.63) is 70.0 Å². The molecule has 0 spiro atoms. The maximum absolute atomic E-state index is 13.0. The van der Waals surface area contributed by atoms with Crippen LogP contribution in [0, 0.1) is 5.82 Å². The number of amides is 1. The van der Waals surface area contributed by atoms with Gasteiger partial charge in [0, 0.05) is 19.8 Å². The number of ether oxygens (including phenoxy) is 1. The summed E-state index contributed by atoms with van der Waals surface area (Å²) >= 11 is 0. The lowest BCUT2D eigenvalue weighted by Gasteiger charge is -2.13. The van der Waals surface area contributed by atoms with Crippen LogP contribution < -0.4 is 15.6 Å². The summed E-state index contributed by atoms with van der Waals surface area (Å²) in [6, 6.07) is 8.84. The van der Waals surface area contributed by atoms with Gasteiger partial charge in [-0.2, -0.15) is 0 Å². The summed E-state index contributed by atoms with van der Waals surface area (Å²) in [7, 11) is 2.84. The summed E-state index contributed by atoms with van der Waals surface area (Å²) in [5.74, 6) is -1.51. The van der Waals surface area contributed by atoms with E-state index in [0.717, 1.165) is 4.57 Å². The van der Waals surface area contributed by atoms with Gasteiger partial charge >= 0.3 is 0 Å². The molecular formula is C19H17FN4O4. The first-order valence-electron chi connectivity index (χ1n) is 8.24. The minimum Gasteiger partial charge on any atom is -0.501 e. The molecule has 2 aromatic heterocycles. The van der Waals surface area contributed by atoms with Crippen LogP contribution in [0.3, 0.4) is 0 Å². The highest BCUT2D eigenvalue weighted by molar-refractivity contribution is 5.95. The van der Waals surface area contributed by atoms with Crippen molar-refractivity contribution >= 4 is 5.91 Å². The molecule has 0 atom stereocenters. The monoisotopic (exact) mass is 384 g/mol. The number of carbonyl (C=O) groups excluding carboxylic acids is 1. The minimum atomic E-state index is -0.801. The summed E-state index contributed by atoms with van der Waals surface area (Å²) < 4.78 is 19.3. The Morgan fingerprint density at radius 1 is 1.29 bits per heavy atom. The van der Waals surface area contributed by atoms with Crippen LogP contribution in [-0.2, 0) is 13.6 Å². The molecule has 0 aliphatic carbocycles. The predicted octanol–water partition coefficient (Wildman–Crippen LogP) is 1.63. The molecule has 1 amide bonds. The molecule has 0 fully saturated rings. The summed E-state index contributed by atoms with van der Waals surface area (Å²) in [6.45, 7) is 0.0671. The average Bonchev–Trinajstić information content (AvgIpc) is 2.71. The van der Waals surface area contributed by atoms with E-state index in [2.05, 4.69) is 15.3 Å². The Bertz CT molecular complexity index is 1080. The number of benzene rings is 1. The predicted molar refractivity (Wildman–Crippen MR) is 98.5 cm³/mol. The fourth-order valence-electron chi connectivity index (χ4n) is 2.55. The molecule has 0 unspecified atom stereocenters. The van der Waals surface area contributed by atoms with Crippen LogP contribution in [0.25, 0.3) is 11.5 Å². The third-order valence-electron chi connectivity index (χ3n) is 4.05. The first kappa shape index (κ1) is 19.0. The van der Waals surface area contributed by atoms with Crippen molar-refractivity contribution < 1.29 is 19.0 Å². The molecule has 3 rings (SSSR count). The molecule has 2 heterocycles. The van der Waals surface area contributed by atoms with Crippen LogP contribution >= 0.6 is 0 Å². The van der Waals surface area contributed by atoms with Gasteiger partial charge in [-0.05, 0) is 29.8 Å². The zero-order valence-electron chi connectivity index (χ0n) is 15.1. The van der Waals surface area contributed by atoms with Crippen LogP contribution in [0.2, 0.25) is 0 Å². The van der Waals surface area contributed by atoms with Gasteiger partial charge in [-0.1, -0.05) is 12.1 Å². The number of methoxy groups -OCH3 is 1. The van der Waals surface area contributed by atoms with Crippen LogP contribution in [-0.4, -0.2) is 32.7 Å². The summed E-state index contributed by atoms with van der Waals surface area (Å²) in [6.07, 6.45) is 1.49. The molecule has 2 N–H and O–H groups in total. The van der Waals surface area contributed by atoms with Crippen LogP contribution in [0.4, 0.5) is 4.39 Å². The molecule has 1 aromatic carbocycles. The molecule has 0 saturated carbocycles. The van der Waals surface area contributed by atoms with Gasteiger partial charge in [0.2, 0.25) is 5.75 Å². The van der Waals surface area contributed by atoms with E-state index in [4.69, 9.17) is 4.74 Å². The van der Waals surface area contributed by atoms with Crippen molar-refractivity contribution in [3.8, 4) is 23.0 Å². The molecule has 8 nitrogen and oxygen atoms in total. The maximum atomic E-state index is 13.0.